The number of hydrogen-bond acceptors (Lipinski definition) is 3. The van der Waals surface area contributed by atoms with Crippen LogP contribution in [0.3, 0.4) is 0 Å². The van der Waals surface area contributed by atoms with Crippen molar-refractivity contribution in [1.29, 1.82) is 0 Å². The minimum absolute atomic E-state index is 0.0202. The van der Waals surface area contributed by atoms with Crippen LogP contribution in [-0.2, 0) is 17.1 Å². The molecule has 8 heteroatoms. The summed E-state index contributed by atoms with van der Waals surface area (Å²) in [6, 6.07) is 19.9. The highest BCUT2D eigenvalue weighted by atomic mass is 32.2. The molecule has 0 N–H and O–H groups in total. The first-order valence-corrected chi connectivity index (χ1v) is 14.6. The lowest BCUT2D eigenvalue weighted by Gasteiger charge is -2.13. The zero-order valence-electron chi connectivity index (χ0n) is 23.8. The Morgan fingerprint density at radius 1 is 0.718 bits per heavy atom. The molecule has 0 bridgehead atoms. The van der Waals surface area contributed by atoms with E-state index in [2.05, 4.69) is 5.10 Å². The van der Waals surface area contributed by atoms with Gasteiger partial charge in [-0.05, 0) is 55.5 Å². The molecule has 0 unspecified atom stereocenters. The number of hydrogen-bond donors (Lipinski definition) is 0. The summed E-state index contributed by atoms with van der Waals surface area (Å²) in [5.74, 6) is -1.69. The van der Waals surface area contributed by atoms with Crippen molar-refractivity contribution in [2.75, 3.05) is 0 Å². The molecule has 39 heavy (non-hydrogen) atoms. The van der Waals surface area contributed by atoms with E-state index in [0.717, 1.165) is 33.1 Å². The molecular formula is C31H37F2N3O2S. The Bertz CT molecular complexity index is 1600. The highest BCUT2D eigenvalue weighted by molar-refractivity contribution is 7.90. The van der Waals surface area contributed by atoms with Gasteiger partial charge in [-0.25, -0.2) is 21.2 Å². The van der Waals surface area contributed by atoms with Crippen LogP contribution in [0.5, 0.6) is 0 Å². The molecule has 5 nitrogen and oxygen atoms in total. The first kappa shape index (κ1) is 31.4. The number of aromatic nitrogens is 3. The predicted molar refractivity (Wildman–Crippen MR) is 157 cm³/mol. The standard InChI is InChI=1S/C25H19F2N3O2S.3C2H6/c1-16-13-23(29(2)28-16)17-11-12-22-18(14-17)15-24(25-20(26)9-6-10-21(25)27)30(22)33(31,32)19-7-4-3-5-8-19;3*1-2/h3-15H,1-2H3;3*1-2H3. The monoisotopic (exact) mass is 553 g/mol. The van der Waals surface area contributed by atoms with Crippen LogP contribution in [0.25, 0.3) is 33.4 Å². The second kappa shape index (κ2) is 13.8. The maximum atomic E-state index is 14.8. The summed E-state index contributed by atoms with van der Waals surface area (Å²) >= 11 is 0. The Morgan fingerprint density at radius 3 is 1.85 bits per heavy atom. The van der Waals surface area contributed by atoms with Crippen molar-refractivity contribution in [3.63, 3.8) is 0 Å². The van der Waals surface area contributed by atoms with Gasteiger partial charge in [-0.15, -0.1) is 0 Å². The fourth-order valence-electron chi connectivity index (χ4n) is 4.10. The molecular weight excluding hydrogens is 516 g/mol. The molecule has 0 saturated heterocycles. The number of aryl methyl sites for hydroxylation is 2. The molecule has 0 spiro atoms. The Kier molecular flexibility index (Phi) is 11.2. The zero-order chi connectivity index (χ0) is 29.3. The van der Waals surface area contributed by atoms with Gasteiger partial charge in [0, 0.05) is 18.0 Å². The molecule has 0 saturated carbocycles. The average molecular weight is 554 g/mol. The zero-order valence-corrected chi connectivity index (χ0v) is 24.6. The van der Waals surface area contributed by atoms with Crippen molar-refractivity contribution in [3.05, 3.63) is 96.2 Å². The number of rotatable bonds is 4. The molecule has 2 aromatic heterocycles. The Balaban J connectivity index is 0.000000833. The van der Waals surface area contributed by atoms with Crippen LogP contribution in [0, 0.1) is 18.6 Å². The van der Waals surface area contributed by atoms with Gasteiger partial charge in [-0.2, -0.15) is 5.10 Å². The van der Waals surface area contributed by atoms with Gasteiger partial charge in [0.2, 0.25) is 0 Å². The van der Waals surface area contributed by atoms with Gasteiger partial charge < -0.3 is 0 Å². The van der Waals surface area contributed by atoms with Gasteiger partial charge >= 0.3 is 0 Å². The smallest absolute Gasteiger partial charge is 0.268 e. The molecule has 0 radical (unpaired) electrons. The quantitative estimate of drug-likeness (QED) is 0.224. The van der Waals surface area contributed by atoms with E-state index in [0.29, 0.717) is 10.9 Å². The van der Waals surface area contributed by atoms with E-state index in [1.807, 2.05) is 61.6 Å². The lowest BCUT2D eigenvalue weighted by Crippen LogP contribution is -2.14. The normalized spacial score (nSPS) is 10.5. The molecule has 0 aliphatic heterocycles. The first-order valence-electron chi connectivity index (χ1n) is 13.2. The van der Waals surface area contributed by atoms with Crippen LogP contribution in [-0.4, -0.2) is 22.2 Å². The summed E-state index contributed by atoms with van der Waals surface area (Å²) in [7, 11) is -2.33. The van der Waals surface area contributed by atoms with Gasteiger partial charge in [0.05, 0.1) is 33.1 Å². The van der Waals surface area contributed by atoms with Gasteiger partial charge in [0.25, 0.3) is 10.0 Å². The van der Waals surface area contributed by atoms with Crippen LogP contribution in [0.4, 0.5) is 8.78 Å². The molecule has 5 aromatic rings. The van der Waals surface area contributed by atoms with Crippen LogP contribution >= 0.6 is 0 Å². The third-order valence-corrected chi connectivity index (χ3v) is 7.30. The lowest BCUT2D eigenvalue weighted by molar-refractivity contribution is 0.583. The van der Waals surface area contributed by atoms with Crippen molar-refractivity contribution < 1.29 is 17.2 Å². The highest BCUT2D eigenvalue weighted by Gasteiger charge is 2.27. The average Bonchev–Trinajstić information content (AvgIpc) is 3.51. The van der Waals surface area contributed by atoms with Crippen molar-refractivity contribution in [2.45, 2.75) is 53.4 Å². The van der Waals surface area contributed by atoms with Crippen molar-refractivity contribution >= 4 is 20.9 Å². The number of halogens is 2. The molecule has 3 aromatic carbocycles. The van der Waals surface area contributed by atoms with Gasteiger partial charge in [-0.1, -0.05) is 71.9 Å². The van der Waals surface area contributed by atoms with E-state index in [-0.39, 0.29) is 10.6 Å². The summed E-state index contributed by atoms with van der Waals surface area (Å²) in [5.41, 5.74) is 2.33. The predicted octanol–water partition coefficient (Wildman–Crippen LogP) is 8.61. The number of benzene rings is 3. The van der Waals surface area contributed by atoms with Crippen LogP contribution < -0.4 is 0 Å². The Hall–Kier alpha value is -3.78. The van der Waals surface area contributed by atoms with Crippen molar-refractivity contribution in [1.82, 2.24) is 13.8 Å². The number of fused-ring (bicyclic) bond motifs is 1. The van der Waals surface area contributed by atoms with Crippen LogP contribution in [0.1, 0.15) is 47.2 Å². The minimum Gasteiger partial charge on any atom is -0.268 e. The largest absolute Gasteiger partial charge is 0.268 e. The summed E-state index contributed by atoms with van der Waals surface area (Å²) in [6.45, 7) is 13.9. The summed E-state index contributed by atoms with van der Waals surface area (Å²) in [6.07, 6.45) is 0. The van der Waals surface area contributed by atoms with Gasteiger partial charge in [0.15, 0.2) is 0 Å². The SMILES string of the molecule is CC.CC.CC.Cc1cc(-c2ccc3c(c2)cc(-c2c(F)cccc2F)n3S(=O)(=O)c2ccccc2)n(C)n1. The minimum atomic E-state index is -4.15. The number of nitrogens with zero attached hydrogens (tertiary/aromatic N) is 3. The fraction of sp³-hybridized carbons (Fsp3) is 0.258. The third-order valence-electron chi connectivity index (χ3n) is 5.56. The molecule has 5 rings (SSSR count). The summed E-state index contributed by atoms with van der Waals surface area (Å²) < 4.78 is 59.6. The van der Waals surface area contributed by atoms with Gasteiger partial charge in [0.1, 0.15) is 11.6 Å². The summed E-state index contributed by atoms with van der Waals surface area (Å²) in [5, 5.41) is 4.89. The molecule has 2 heterocycles. The van der Waals surface area contributed by atoms with E-state index in [4.69, 9.17) is 0 Å². The fourth-order valence-corrected chi connectivity index (χ4v) is 5.64. The molecule has 0 aliphatic carbocycles. The van der Waals surface area contributed by atoms with Crippen LogP contribution in [0.2, 0.25) is 0 Å². The highest BCUT2D eigenvalue weighted by Crippen LogP contribution is 2.36. The van der Waals surface area contributed by atoms with E-state index < -0.39 is 27.2 Å². The van der Waals surface area contributed by atoms with Crippen molar-refractivity contribution in [3.8, 4) is 22.5 Å². The van der Waals surface area contributed by atoms with E-state index >= 15 is 0 Å². The maximum Gasteiger partial charge on any atom is 0.268 e. The maximum absolute atomic E-state index is 14.8. The topological polar surface area (TPSA) is 56.9 Å². The lowest BCUT2D eigenvalue weighted by atomic mass is 10.1. The molecule has 0 atom stereocenters. The molecule has 0 aliphatic rings. The van der Waals surface area contributed by atoms with E-state index in [1.54, 1.807) is 41.1 Å². The van der Waals surface area contributed by atoms with E-state index in [1.165, 1.54) is 24.3 Å². The first-order chi connectivity index (χ1) is 18.8. The Morgan fingerprint density at radius 2 is 1.31 bits per heavy atom. The molecule has 0 fully saturated rings. The van der Waals surface area contributed by atoms with Gasteiger partial charge in [-0.3, -0.25) is 4.68 Å². The van der Waals surface area contributed by atoms with E-state index in [9.17, 15) is 17.2 Å². The second-order valence-electron chi connectivity index (χ2n) is 7.78. The molecule has 0 amide bonds. The van der Waals surface area contributed by atoms with Crippen LogP contribution in [0.15, 0.2) is 83.8 Å². The van der Waals surface area contributed by atoms with Crippen molar-refractivity contribution in [2.24, 2.45) is 7.05 Å². The molecule has 208 valence electrons. The second-order valence-corrected chi connectivity index (χ2v) is 9.56. The Labute approximate surface area is 230 Å². The third kappa shape index (κ3) is 6.28. The summed E-state index contributed by atoms with van der Waals surface area (Å²) in [4.78, 5) is 0.0202.